The first-order valence-corrected chi connectivity index (χ1v) is 8.44. The van der Waals surface area contributed by atoms with Gasteiger partial charge < -0.3 is 10.4 Å². The topological polar surface area (TPSA) is 110 Å². The number of nitrogens with one attached hydrogen (secondary N) is 1. The molecule has 0 aliphatic rings. The molecular formula is C16H15FIN3O5. The van der Waals surface area contributed by atoms with Crippen LogP contribution in [-0.4, -0.2) is 32.7 Å². The van der Waals surface area contributed by atoms with Crippen LogP contribution < -0.4 is 16.6 Å². The van der Waals surface area contributed by atoms with Crippen molar-refractivity contribution >= 4 is 34.5 Å². The van der Waals surface area contributed by atoms with Crippen LogP contribution in [0.5, 0.6) is 0 Å². The number of hydrogen-bond donors (Lipinski definition) is 2. The number of carboxylic acid groups (broad SMARTS) is 1. The van der Waals surface area contributed by atoms with Gasteiger partial charge >= 0.3 is 11.7 Å². The number of aliphatic carboxylic acids is 1. The molecule has 26 heavy (non-hydrogen) atoms. The molecule has 0 aliphatic heterocycles. The molecule has 138 valence electrons. The minimum Gasteiger partial charge on any atom is -0.480 e. The molecule has 0 spiro atoms. The Hall–Kier alpha value is -2.50. The highest BCUT2D eigenvalue weighted by molar-refractivity contribution is 14.1. The second-order valence-corrected chi connectivity index (χ2v) is 6.76. The molecule has 8 nitrogen and oxygen atoms in total. The van der Waals surface area contributed by atoms with Crippen molar-refractivity contribution in [3.8, 4) is 0 Å². The van der Waals surface area contributed by atoms with E-state index >= 15 is 0 Å². The zero-order valence-electron chi connectivity index (χ0n) is 13.9. The highest BCUT2D eigenvalue weighted by Gasteiger charge is 2.23. The van der Waals surface area contributed by atoms with Gasteiger partial charge in [0.2, 0.25) is 0 Å². The number of aromatic nitrogens is 2. The number of amides is 1. The van der Waals surface area contributed by atoms with E-state index in [4.69, 9.17) is 5.11 Å². The van der Waals surface area contributed by atoms with E-state index in [0.29, 0.717) is 3.57 Å². The molecule has 1 heterocycles. The van der Waals surface area contributed by atoms with Gasteiger partial charge in [-0.15, -0.1) is 0 Å². The van der Waals surface area contributed by atoms with Crippen LogP contribution >= 0.6 is 22.6 Å². The number of nitrogens with zero attached hydrogens (tertiary/aromatic N) is 2. The number of carbonyl (C=O) groups excluding carboxylic acids is 1. The van der Waals surface area contributed by atoms with Crippen molar-refractivity contribution in [2.24, 2.45) is 14.1 Å². The van der Waals surface area contributed by atoms with Gasteiger partial charge in [0.25, 0.3) is 11.5 Å². The normalized spacial score (nSPS) is 10.6. The first-order chi connectivity index (χ1) is 12.1. The number of halogens is 2. The molecule has 0 saturated heterocycles. The van der Waals surface area contributed by atoms with Gasteiger partial charge in [-0.05, 0) is 40.3 Å². The van der Waals surface area contributed by atoms with Crippen LogP contribution in [0.4, 0.5) is 4.39 Å². The Morgan fingerprint density at radius 1 is 1.23 bits per heavy atom. The van der Waals surface area contributed by atoms with Gasteiger partial charge in [-0.1, -0.05) is 6.07 Å². The van der Waals surface area contributed by atoms with E-state index in [2.05, 4.69) is 5.32 Å². The lowest BCUT2D eigenvalue weighted by molar-refractivity contribution is -0.135. The van der Waals surface area contributed by atoms with Crippen molar-refractivity contribution in [2.75, 3.05) is 6.54 Å². The van der Waals surface area contributed by atoms with Crippen molar-refractivity contribution < 1.29 is 19.1 Å². The maximum absolute atomic E-state index is 14.2. The van der Waals surface area contributed by atoms with Gasteiger partial charge in [0.05, 0.1) is 0 Å². The SMILES string of the molecule is Cn1c(Cc2ccc(I)cc2F)c(C(=O)NCC(=O)O)c(=O)n(C)c1=O. The average Bonchev–Trinajstić information content (AvgIpc) is 2.58. The van der Waals surface area contributed by atoms with Crippen molar-refractivity contribution in [1.29, 1.82) is 0 Å². The quantitative estimate of drug-likeness (QED) is 0.602. The lowest BCUT2D eigenvalue weighted by Crippen LogP contribution is -2.45. The molecule has 1 aromatic heterocycles. The zero-order valence-corrected chi connectivity index (χ0v) is 16.0. The Labute approximate surface area is 160 Å². The summed E-state index contributed by atoms with van der Waals surface area (Å²) in [6.07, 6.45) is -0.180. The van der Waals surface area contributed by atoms with E-state index in [-0.39, 0.29) is 17.7 Å². The summed E-state index contributed by atoms with van der Waals surface area (Å²) in [5, 5.41) is 10.8. The molecule has 10 heteroatoms. The summed E-state index contributed by atoms with van der Waals surface area (Å²) in [6.45, 7) is -0.692. The molecule has 0 atom stereocenters. The largest absolute Gasteiger partial charge is 0.480 e. The minimum absolute atomic E-state index is 0.00102. The van der Waals surface area contributed by atoms with Crippen LogP contribution in [0.2, 0.25) is 0 Å². The summed E-state index contributed by atoms with van der Waals surface area (Å²) in [5.74, 6) is -2.77. The van der Waals surface area contributed by atoms with Gasteiger partial charge in [-0.25, -0.2) is 9.18 Å². The Morgan fingerprint density at radius 2 is 1.88 bits per heavy atom. The molecule has 0 fully saturated rings. The molecule has 2 aromatic rings. The molecule has 0 aliphatic carbocycles. The molecule has 0 radical (unpaired) electrons. The summed E-state index contributed by atoms with van der Waals surface area (Å²) in [6, 6.07) is 4.44. The lowest BCUT2D eigenvalue weighted by atomic mass is 10.0. The maximum atomic E-state index is 14.2. The number of rotatable bonds is 5. The maximum Gasteiger partial charge on any atom is 0.330 e. The van der Waals surface area contributed by atoms with Gasteiger partial charge in [0, 0.05) is 29.8 Å². The Morgan fingerprint density at radius 3 is 2.46 bits per heavy atom. The fraction of sp³-hybridized carbons (Fsp3) is 0.250. The van der Waals surface area contributed by atoms with Crippen LogP contribution in [0, 0.1) is 9.39 Å². The van der Waals surface area contributed by atoms with Crippen LogP contribution in [0.1, 0.15) is 21.6 Å². The van der Waals surface area contributed by atoms with Gasteiger partial charge in [0.15, 0.2) is 0 Å². The number of benzene rings is 1. The first kappa shape index (κ1) is 19.8. The van der Waals surface area contributed by atoms with E-state index in [1.54, 1.807) is 6.07 Å². The molecule has 2 N–H and O–H groups in total. The van der Waals surface area contributed by atoms with Crippen LogP contribution in [0.25, 0.3) is 0 Å². The number of carboxylic acids is 1. The van der Waals surface area contributed by atoms with Gasteiger partial charge in [0.1, 0.15) is 17.9 Å². The summed E-state index contributed by atoms with van der Waals surface area (Å²) in [7, 11) is 2.56. The third kappa shape index (κ3) is 4.00. The predicted octanol–water partition coefficient (Wildman–Crippen LogP) is 0.233. The standard InChI is InChI=1S/C16H15FIN3O5/c1-20-11(5-8-3-4-9(18)6-10(8)17)13(14(24)19-7-12(22)23)15(25)21(2)16(20)26/h3-4,6H,5,7H2,1-2H3,(H,19,24)(H,22,23). The molecule has 1 amide bonds. The van der Waals surface area contributed by atoms with E-state index in [1.807, 2.05) is 22.6 Å². The number of carbonyl (C=O) groups is 2. The van der Waals surface area contributed by atoms with Crippen LogP contribution in [0.15, 0.2) is 27.8 Å². The van der Waals surface area contributed by atoms with E-state index in [1.165, 1.54) is 26.2 Å². The van der Waals surface area contributed by atoms with Gasteiger partial charge in [-0.3, -0.25) is 23.5 Å². The van der Waals surface area contributed by atoms with Crippen LogP contribution in [0.3, 0.4) is 0 Å². The summed E-state index contributed by atoms with van der Waals surface area (Å²) in [5.41, 5.74) is -1.75. The van der Waals surface area contributed by atoms with E-state index < -0.39 is 41.1 Å². The summed E-state index contributed by atoms with van der Waals surface area (Å²) < 4.78 is 16.7. The fourth-order valence-corrected chi connectivity index (χ4v) is 2.86. The molecular weight excluding hydrogens is 460 g/mol. The molecule has 0 saturated carbocycles. The second kappa shape index (κ2) is 7.81. The monoisotopic (exact) mass is 475 g/mol. The second-order valence-electron chi connectivity index (χ2n) is 5.52. The molecule has 2 rings (SSSR count). The highest BCUT2D eigenvalue weighted by atomic mass is 127. The average molecular weight is 475 g/mol. The Kier molecular flexibility index (Phi) is 5.95. The highest BCUT2D eigenvalue weighted by Crippen LogP contribution is 2.17. The lowest BCUT2D eigenvalue weighted by Gasteiger charge is -2.15. The van der Waals surface area contributed by atoms with E-state index in [9.17, 15) is 23.6 Å². The molecule has 0 unspecified atom stereocenters. The summed E-state index contributed by atoms with van der Waals surface area (Å²) in [4.78, 5) is 47.6. The van der Waals surface area contributed by atoms with Crippen molar-refractivity contribution in [3.05, 3.63) is 65.2 Å². The Bertz CT molecular complexity index is 1010. The van der Waals surface area contributed by atoms with Crippen molar-refractivity contribution in [3.63, 3.8) is 0 Å². The van der Waals surface area contributed by atoms with Crippen molar-refractivity contribution in [2.45, 2.75) is 6.42 Å². The zero-order chi connectivity index (χ0) is 19.6. The first-order valence-electron chi connectivity index (χ1n) is 7.36. The predicted molar refractivity (Wildman–Crippen MR) is 98.8 cm³/mol. The third-order valence-corrected chi connectivity index (χ3v) is 4.46. The molecule has 0 bridgehead atoms. The van der Waals surface area contributed by atoms with Crippen LogP contribution in [-0.2, 0) is 25.3 Å². The smallest absolute Gasteiger partial charge is 0.330 e. The molecule has 1 aromatic carbocycles. The Balaban J connectivity index is 2.63. The van der Waals surface area contributed by atoms with Gasteiger partial charge in [-0.2, -0.15) is 0 Å². The van der Waals surface area contributed by atoms with E-state index in [0.717, 1.165) is 9.13 Å². The number of hydrogen-bond acceptors (Lipinski definition) is 4. The summed E-state index contributed by atoms with van der Waals surface area (Å²) >= 11 is 1.94. The third-order valence-electron chi connectivity index (χ3n) is 3.79. The fourth-order valence-electron chi connectivity index (χ4n) is 2.41. The van der Waals surface area contributed by atoms with Crippen molar-refractivity contribution in [1.82, 2.24) is 14.5 Å². The minimum atomic E-state index is -1.29.